The van der Waals surface area contributed by atoms with Gasteiger partial charge >= 0.3 is 0 Å². The summed E-state index contributed by atoms with van der Waals surface area (Å²) in [5, 5.41) is 3.06. The van der Waals surface area contributed by atoms with Gasteiger partial charge in [-0.2, -0.15) is 0 Å². The summed E-state index contributed by atoms with van der Waals surface area (Å²) >= 11 is 0. The molecular weight excluding hydrogens is 360 g/mol. The molecule has 0 aliphatic heterocycles. The van der Waals surface area contributed by atoms with Crippen LogP contribution in [0.3, 0.4) is 0 Å². The third-order valence-electron chi connectivity index (χ3n) is 5.14. The van der Waals surface area contributed by atoms with Gasteiger partial charge in [0.25, 0.3) is 0 Å². The highest BCUT2D eigenvalue weighted by Crippen LogP contribution is 2.23. The van der Waals surface area contributed by atoms with Crippen molar-refractivity contribution in [2.24, 2.45) is 5.92 Å². The van der Waals surface area contributed by atoms with Crippen molar-refractivity contribution in [1.82, 2.24) is 14.5 Å². The molecular formula is C24H26N4O. The fourth-order valence-corrected chi connectivity index (χ4v) is 3.70. The van der Waals surface area contributed by atoms with Gasteiger partial charge in [0.1, 0.15) is 11.9 Å². The van der Waals surface area contributed by atoms with E-state index in [1.54, 1.807) is 0 Å². The second-order valence-corrected chi connectivity index (χ2v) is 7.71. The van der Waals surface area contributed by atoms with Crippen LogP contribution in [0.1, 0.15) is 31.3 Å². The summed E-state index contributed by atoms with van der Waals surface area (Å²) in [5.74, 6) is 1.13. The minimum Gasteiger partial charge on any atom is -0.342 e. The van der Waals surface area contributed by atoms with Gasteiger partial charge in [-0.15, -0.1) is 0 Å². The number of hydrogen-bond acceptors (Lipinski definition) is 2. The summed E-state index contributed by atoms with van der Waals surface area (Å²) in [5.41, 5.74) is 3.93. The lowest BCUT2D eigenvalue weighted by Crippen LogP contribution is -2.29. The van der Waals surface area contributed by atoms with Crippen LogP contribution in [0.25, 0.3) is 11.0 Å². The van der Waals surface area contributed by atoms with Crippen molar-refractivity contribution in [2.75, 3.05) is 5.32 Å². The summed E-state index contributed by atoms with van der Waals surface area (Å²) < 4.78 is 1.95. The summed E-state index contributed by atoms with van der Waals surface area (Å²) in [4.78, 5) is 21.0. The number of carbonyl (C=O) groups excluding carboxylic acids is 1. The first kappa shape index (κ1) is 19.0. The number of nitrogens with zero attached hydrogens (tertiary/aromatic N) is 2. The Kier molecular flexibility index (Phi) is 5.47. The molecule has 5 heteroatoms. The molecule has 148 valence electrons. The van der Waals surface area contributed by atoms with Gasteiger partial charge < -0.3 is 14.9 Å². The van der Waals surface area contributed by atoms with Gasteiger partial charge in [0.2, 0.25) is 5.91 Å². The summed E-state index contributed by atoms with van der Waals surface area (Å²) in [6.07, 6.45) is 5.66. The highest BCUT2D eigenvalue weighted by Gasteiger charge is 2.23. The Morgan fingerprint density at radius 1 is 1.03 bits per heavy atom. The molecule has 5 nitrogen and oxygen atoms in total. The smallest absolute Gasteiger partial charge is 0.247 e. The van der Waals surface area contributed by atoms with Gasteiger partial charge in [-0.25, -0.2) is 4.98 Å². The fourth-order valence-electron chi connectivity index (χ4n) is 3.70. The normalized spacial score (nSPS) is 12.4. The van der Waals surface area contributed by atoms with E-state index >= 15 is 0 Å². The molecule has 0 radical (unpaired) electrons. The molecule has 0 aliphatic carbocycles. The van der Waals surface area contributed by atoms with E-state index in [-0.39, 0.29) is 17.9 Å². The Bertz CT molecular complexity index is 1080. The fraction of sp³-hybridized carbons (Fsp3) is 0.250. The van der Waals surface area contributed by atoms with Crippen molar-refractivity contribution in [3.63, 3.8) is 0 Å². The van der Waals surface area contributed by atoms with Crippen molar-refractivity contribution in [3.8, 4) is 0 Å². The molecule has 1 atom stereocenters. The number of imidazole rings is 1. The van der Waals surface area contributed by atoms with Crippen molar-refractivity contribution in [3.05, 3.63) is 84.4 Å². The Balaban J connectivity index is 1.47. The highest BCUT2D eigenvalue weighted by molar-refractivity contribution is 5.95. The Morgan fingerprint density at radius 3 is 2.52 bits per heavy atom. The van der Waals surface area contributed by atoms with Crippen LogP contribution in [-0.2, 0) is 17.6 Å². The number of amides is 1. The predicted octanol–water partition coefficient (Wildman–Crippen LogP) is 4.99. The summed E-state index contributed by atoms with van der Waals surface area (Å²) in [7, 11) is 0. The minimum absolute atomic E-state index is 0.0145. The first-order valence-electron chi connectivity index (χ1n) is 10.1. The topological polar surface area (TPSA) is 62.7 Å². The molecule has 2 aromatic carbocycles. The zero-order valence-electron chi connectivity index (χ0n) is 16.8. The number of aryl methyl sites for hydroxylation is 2. The molecule has 1 amide bonds. The molecule has 0 unspecified atom stereocenters. The molecule has 0 saturated carbocycles. The molecule has 2 N–H and O–H groups in total. The quantitative estimate of drug-likeness (QED) is 0.470. The van der Waals surface area contributed by atoms with Crippen LogP contribution in [-0.4, -0.2) is 20.4 Å². The van der Waals surface area contributed by atoms with Crippen molar-refractivity contribution in [1.29, 1.82) is 0 Å². The Labute approximate surface area is 170 Å². The highest BCUT2D eigenvalue weighted by atomic mass is 16.2. The maximum absolute atomic E-state index is 12.9. The van der Waals surface area contributed by atoms with Crippen molar-refractivity contribution in [2.45, 2.75) is 32.7 Å². The number of benzene rings is 2. The van der Waals surface area contributed by atoms with E-state index in [2.05, 4.69) is 53.4 Å². The standard InChI is InChI=1S/C24H26N4O/c1-17(2)23(28-14-6-7-15-28)24(29)25-19-11-12-20-21(16-19)27-22(26-20)13-10-18-8-4-3-5-9-18/h3-9,11-12,14-17,23H,10,13H2,1-2H3,(H,25,29)(H,26,27)/t23-/m1/s1. The molecule has 0 fully saturated rings. The number of nitrogens with one attached hydrogen (secondary N) is 2. The van der Waals surface area contributed by atoms with E-state index in [0.717, 1.165) is 35.4 Å². The van der Waals surface area contributed by atoms with Crippen molar-refractivity contribution >= 4 is 22.6 Å². The third-order valence-corrected chi connectivity index (χ3v) is 5.14. The zero-order chi connectivity index (χ0) is 20.2. The number of carbonyl (C=O) groups is 1. The lowest BCUT2D eigenvalue weighted by Gasteiger charge is -2.22. The number of hydrogen-bond donors (Lipinski definition) is 2. The molecule has 2 aromatic heterocycles. The third kappa shape index (κ3) is 4.40. The first-order chi connectivity index (χ1) is 14.1. The molecule has 0 aliphatic rings. The first-order valence-corrected chi connectivity index (χ1v) is 10.1. The Morgan fingerprint density at radius 2 is 1.79 bits per heavy atom. The van der Waals surface area contributed by atoms with E-state index < -0.39 is 0 Å². The van der Waals surface area contributed by atoms with Crippen LogP contribution in [0.2, 0.25) is 0 Å². The van der Waals surface area contributed by atoms with Crippen LogP contribution in [0.4, 0.5) is 5.69 Å². The number of anilines is 1. The summed E-state index contributed by atoms with van der Waals surface area (Å²) in [6, 6.07) is 19.9. The maximum Gasteiger partial charge on any atom is 0.247 e. The number of aromatic nitrogens is 3. The number of H-pyrrole nitrogens is 1. The van der Waals surface area contributed by atoms with Gasteiger partial charge in [-0.3, -0.25) is 4.79 Å². The van der Waals surface area contributed by atoms with E-state index in [1.807, 2.05) is 53.4 Å². The maximum atomic E-state index is 12.9. The van der Waals surface area contributed by atoms with Crippen LogP contribution in [0.15, 0.2) is 73.1 Å². The summed E-state index contributed by atoms with van der Waals surface area (Å²) in [6.45, 7) is 4.11. The Hall–Kier alpha value is -3.34. The van der Waals surface area contributed by atoms with E-state index in [0.29, 0.717) is 0 Å². The zero-order valence-corrected chi connectivity index (χ0v) is 16.8. The molecule has 0 bridgehead atoms. The van der Waals surface area contributed by atoms with Crippen LogP contribution < -0.4 is 5.32 Å². The molecule has 4 rings (SSSR count). The number of aromatic amines is 1. The molecule has 4 aromatic rings. The number of fused-ring (bicyclic) bond motifs is 1. The van der Waals surface area contributed by atoms with Crippen LogP contribution in [0.5, 0.6) is 0 Å². The van der Waals surface area contributed by atoms with Gasteiger partial charge in [0.05, 0.1) is 11.0 Å². The van der Waals surface area contributed by atoms with Crippen LogP contribution in [0, 0.1) is 5.92 Å². The van der Waals surface area contributed by atoms with Gasteiger partial charge in [-0.05, 0) is 48.2 Å². The van der Waals surface area contributed by atoms with E-state index in [1.165, 1.54) is 5.56 Å². The molecule has 0 spiro atoms. The lowest BCUT2D eigenvalue weighted by atomic mass is 10.0. The molecule has 29 heavy (non-hydrogen) atoms. The van der Waals surface area contributed by atoms with E-state index in [4.69, 9.17) is 0 Å². The second-order valence-electron chi connectivity index (χ2n) is 7.71. The predicted molar refractivity (Wildman–Crippen MR) is 117 cm³/mol. The van der Waals surface area contributed by atoms with Gasteiger partial charge in [-0.1, -0.05) is 44.2 Å². The molecule has 0 saturated heterocycles. The minimum atomic E-state index is -0.246. The van der Waals surface area contributed by atoms with Gasteiger partial charge in [0, 0.05) is 24.5 Å². The largest absolute Gasteiger partial charge is 0.342 e. The lowest BCUT2D eigenvalue weighted by molar-refractivity contribution is -0.120. The van der Waals surface area contributed by atoms with Crippen LogP contribution >= 0.6 is 0 Å². The molecule has 2 heterocycles. The van der Waals surface area contributed by atoms with E-state index in [9.17, 15) is 4.79 Å². The van der Waals surface area contributed by atoms with Gasteiger partial charge in [0.15, 0.2) is 0 Å². The SMILES string of the molecule is CC(C)[C@H](C(=O)Nc1ccc2nc(CCc3ccccc3)[nH]c2c1)n1cccc1. The second kappa shape index (κ2) is 8.35. The number of rotatable bonds is 7. The monoisotopic (exact) mass is 386 g/mol. The van der Waals surface area contributed by atoms with Crippen molar-refractivity contribution < 1.29 is 4.79 Å². The average molecular weight is 386 g/mol. The average Bonchev–Trinajstić information content (AvgIpc) is 3.36.